The summed E-state index contributed by atoms with van der Waals surface area (Å²) in [6.07, 6.45) is 1.70. The topological polar surface area (TPSA) is 32.6 Å². The number of rotatable bonds is 2. The number of phenolic OH excluding ortho intramolecular Hbond substituents is 1. The molecule has 0 aliphatic rings. The van der Waals surface area contributed by atoms with Crippen molar-refractivity contribution in [1.82, 2.24) is 0 Å². The third kappa shape index (κ3) is 3.24. The van der Waals surface area contributed by atoms with Crippen LogP contribution >= 0.6 is 15.9 Å². The number of aromatic hydroxyl groups is 1. The first-order chi connectivity index (χ1) is 8.97. The van der Waals surface area contributed by atoms with Gasteiger partial charge in [0.1, 0.15) is 5.75 Å². The van der Waals surface area contributed by atoms with Gasteiger partial charge in [0.2, 0.25) is 0 Å². The monoisotopic (exact) mass is 317 g/mol. The zero-order valence-corrected chi connectivity index (χ0v) is 12.8. The molecule has 98 valence electrons. The highest BCUT2D eigenvalue weighted by Gasteiger charge is 2.05. The van der Waals surface area contributed by atoms with Crippen LogP contribution in [-0.2, 0) is 0 Å². The molecule has 1 N–H and O–H groups in total. The summed E-state index contributed by atoms with van der Waals surface area (Å²) < 4.78 is 0.690. The van der Waals surface area contributed by atoms with Crippen LogP contribution in [0.15, 0.2) is 39.8 Å². The number of halogens is 1. The molecule has 2 nitrogen and oxygen atoms in total. The Hall–Kier alpha value is -1.61. The lowest BCUT2D eigenvalue weighted by Gasteiger charge is -2.05. The van der Waals surface area contributed by atoms with E-state index in [4.69, 9.17) is 0 Å². The van der Waals surface area contributed by atoms with Gasteiger partial charge in [0.05, 0.1) is 10.2 Å². The Kier molecular flexibility index (Phi) is 4.05. The molecule has 0 atom stereocenters. The van der Waals surface area contributed by atoms with E-state index in [0.717, 1.165) is 16.8 Å². The lowest BCUT2D eigenvalue weighted by Crippen LogP contribution is -1.86. The molecule has 0 aromatic heterocycles. The molecule has 19 heavy (non-hydrogen) atoms. The molecule has 0 saturated heterocycles. The zero-order valence-electron chi connectivity index (χ0n) is 11.2. The Morgan fingerprint density at radius 1 is 1.05 bits per heavy atom. The molecule has 0 bridgehead atoms. The van der Waals surface area contributed by atoms with Crippen molar-refractivity contribution in [2.75, 3.05) is 0 Å². The standard InChI is InChI=1S/C16H16BrNO/c1-10-4-5-12(3)15(8-10)18-9-13-6-11(2)7-14(17)16(13)19/h4-9,19H,1-3H3. The number of nitrogens with zero attached hydrogens (tertiary/aromatic N) is 1. The van der Waals surface area contributed by atoms with E-state index >= 15 is 0 Å². The van der Waals surface area contributed by atoms with Gasteiger partial charge in [0, 0.05) is 11.8 Å². The molecule has 3 heteroatoms. The third-order valence-electron chi connectivity index (χ3n) is 2.94. The summed E-state index contributed by atoms with van der Waals surface area (Å²) in [5.74, 6) is 0.222. The summed E-state index contributed by atoms with van der Waals surface area (Å²) in [7, 11) is 0. The van der Waals surface area contributed by atoms with E-state index < -0.39 is 0 Å². The molecule has 2 rings (SSSR count). The van der Waals surface area contributed by atoms with Crippen molar-refractivity contribution in [1.29, 1.82) is 0 Å². The second-order valence-corrected chi connectivity index (χ2v) is 5.59. The zero-order chi connectivity index (χ0) is 14.0. The summed E-state index contributed by atoms with van der Waals surface area (Å²) in [6.45, 7) is 6.05. The van der Waals surface area contributed by atoms with E-state index in [1.807, 2.05) is 45.0 Å². The maximum Gasteiger partial charge on any atom is 0.138 e. The molecule has 0 aliphatic carbocycles. The van der Waals surface area contributed by atoms with Crippen LogP contribution in [0.4, 0.5) is 5.69 Å². The minimum absolute atomic E-state index is 0.222. The molecule has 0 heterocycles. The molecule has 0 fully saturated rings. The molecule has 0 unspecified atom stereocenters. The van der Waals surface area contributed by atoms with Gasteiger partial charge in [-0.05, 0) is 71.6 Å². The molecule has 0 aliphatic heterocycles. The number of aryl methyl sites for hydroxylation is 3. The van der Waals surface area contributed by atoms with Gasteiger partial charge in [-0.15, -0.1) is 0 Å². The van der Waals surface area contributed by atoms with Crippen LogP contribution in [0.5, 0.6) is 5.75 Å². The van der Waals surface area contributed by atoms with Gasteiger partial charge in [-0.2, -0.15) is 0 Å². The minimum atomic E-state index is 0.222. The van der Waals surface area contributed by atoms with Crippen LogP contribution in [0.25, 0.3) is 0 Å². The molecule has 2 aromatic carbocycles. The highest BCUT2D eigenvalue weighted by atomic mass is 79.9. The Morgan fingerprint density at radius 3 is 2.53 bits per heavy atom. The van der Waals surface area contributed by atoms with Crippen molar-refractivity contribution in [3.63, 3.8) is 0 Å². The first-order valence-corrected chi connectivity index (χ1v) is 6.87. The maximum absolute atomic E-state index is 9.99. The second kappa shape index (κ2) is 5.57. The maximum atomic E-state index is 9.99. The number of aliphatic imine (C=N–C) groups is 1. The molecule has 0 saturated carbocycles. The van der Waals surface area contributed by atoms with Crippen molar-refractivity contribution >= 4 is 27.8 Å². The Bertz CT molecular complexity index is 647. The molecular weight excluding hydrogens is 302 g/mol. The van der Waals surface area contributed by atoms with E-state index in [9.17, 15) is 5.11 Å². The van der Waals surface area contributed by atoms with Crippen LogP contribution in [0, 0.1) is 20.8 Å². The van der Waals surface area contributed by atoms with E-state index in [2.05, 4.69) is 27.0 Å². The highest BCUT2D eigenvalue weighted by Crippen LogP contribution is 2.29. The van der Waals surface area contributed by atoms with Gasteiger partial charge in [-0.3, -0.25) is 4.99 Å². The van der Waals surface area contributed by atoms with Gasteiger partial charge >= 0.3 is 0 Å². The lowest BCUT2D eigenvalue weighted by atomic mass is 10.1. The lowest BCUT2D eigenvalue weighted by molar-refractivity contribution is 0.471. The largest absolute Gasteiger partial charge is 0.506 e. The van der Waals surface area contributed by atoms with Gasteiger partial charge < -0.3 is 5.11 Å². The fraction of sp³-hybridized carbons (Fsp3) is 0.188. The fourth-order valence-electron chi connectivity index (χ4n) is 1.86. The number of hydrogen-bond donors (Lipinski definition) is 1. The van der Waals surface area contributed by atoms with E-state index in [-0.39, 0.29) is 5.75 Å². The fourth-order valence-corrected chi connectivity index (χ4v) is 2.45. The first-order valence-electron chi connectivity index (χ1n) is 6.08. The normalized spacial score (nSPS) is 11.2. The average Bonchev–Trinajstić information content (AvgIpc) is 2.35. The molecule has 2 aromatic rings. The third-order valence-corrected chi connectivity index (χ3v) is 3.55. The van der Waals surface area contributed by atoms with Crippen LogP contribution in [-0.4, -0.2) is 11.3 Å². The smallest absolute Gasteiger partial charge is 0.138 e. The number of phenols is 1. The summed E-state index contributed by atoms with van der Waals surface area (Å²) in [6, 6.07) is 9.94. The Morgan fingerprint density at radius 2 is 1.79 bits per heavy atom. The molecule has 0 spiro atoms. The SMILES string of the molecule is Cc1cc(Br)c(O)c(C=Nc2cc(C)ccc2C)c1. The number of benzene rings is 2. The van der Waals surface area contributed by atoms with E-state index in [1.54, 1.807) is 6.21 Å². The summed E-state index contributed by atoms with van der Waals surface area (Å²) in [4.78, 5) is 4.47. The average molecular weight is 318 g/mol. The predicted molar refractivity (Wildman–Crippen MR) is 83.7 cm³/mol. The van der Waals surface area contributed by atoms with Gasteiger partial charge in [-0.25, -0.2) is 0 Å². The van der Waals surface area contributed by atoms with Crippen LogP contribution < -0.4 is 0 Å². The van der Waals surface area contributed by atoms with Crippen molar-refractivity contribution < 1.29 is 5.11 Å². The summed E-state index contributed by atoms with van der Waals surface area (Å²) in [5.41, 5.74) is 5.01. The van der Waals surface area contributed by atoms with E-state index in [1.165, 1.54) is 5.56 Å². The van der Waals surface area contributed by atoms with Crippen molar-refractivity contribution in [3.8, 4) is 5.75 Å². The van der Waals surface area contributed by atoms with Crippen LogP contribution in [0.2, 0.25) is 0 Å². The Balaban J connectivity index is 2.40. The van der Waals surface area contributed by atoms with Crippen molar-refractivity contribution in [3.05, 3.63) is 57.1 Å². The second-order valence-electron chi connectivity index (χ2n) is 4.73. The van der Waals surface area contributed by atoms with Crippen molar-refractivity contribution in [2.24, 2.45) is 4.99 Å². The molecule has 0 radical (unpaired) electrons. The van der Waals surface area contributed by atoms with Gasteiger partial charge in [0.25, 0.3) is 0 Å². The molecular formula is C16H16BrNO. The summed E-state index contributed by atoms with van der Waals surface area (Å²) >= 11 is 3.34. The quantitative estimate of drug-likeness (QED) is 0.790. The minimum Gasteiger partial charge on any atom is -0.506 e. The Labute approximate surface area is 122 Å². The van der Waals surface area contributed by atoms with Crippen LogP contribution in [0.3, 0.4) is 0 Å². The summed E-state index contributed by atoms with van der Waals surface area (Å²) in [5, 5.41) is 9.99. The highest BCUT2D eigenvalue weighted by molar-refractivity contribution is 9.10. The van der Waals surface area contributed by atoms with Crippen molar-refractivity contribution in [2.45, 2.75) is 20.8 Å². The van der Waals surface area contributed by atoms with Gasteiger partial charge in [0.15, 0.2) is 0 Å². The van der Waals surface area contributed by atoms with Gasteiger partial charge in [-0.1, -0.05) is 12.1 Å². The predicted octanol–water partition coefficient (Wildman–Crippen LogP) is 4.83. The van der Waals surface area contributed by atoms with Crippen LogP contribution in [0.1, 0.15) is 22.3 Å². The number of hydrogen-bond acceptors (Lipinski definition) is 2. The molecule has 0 amide bonds. The first kappa shape index (κ1) is 13.8. The van der Waals surface area contributed by atoms with E-state index in [0.29, 0.717) is 10.0 Å².